The second-order valence-electron chi connectivity index (χ2n) is 3.71. The molecule has 0 spiro atoms. The van der Waals surface area contributed by atoms with Crippen LogP contribution in [-0.4, -0.2) is 30.8 Å². The van der Waals surface area contributed by atoms with Crippen molar-refractivity contribution in [1.29, 1.82) is 0 Å². The molecule has 3 N–H and O–H groups in total. The quantitative estimate of drug-likeness (QED) is 0.741. The van der Waals surface area contributed by atoms with Gasteiger partial charge in [0.2, 0.25) is 0 Å². The van der Waals surface area contributed by atoms with Crippen LogP contribution in [0, 0.1) is 0 Å². The van der Waals surface area contributed by atoms with Crippen LogP contribution in [0.15, 0.2) is 18.2 Å². The maximum atomic E-state index is 11.4. The summed E-state index contributed by atoms with van der Waals surface area (Å²) < 4.78 is 5.14. The van der Waals surface area contributed by atoms with E-state index in [4.69, 9.17) is 21.4 Å². The molecule has 0 aliphatic carbocycles. The van der Waals surface area contributed by atoms with Crippen molar-refractivity contribution >= 4 is 23.6 Å². The Morgan fingerprint density at radius 3 is 2.74 bits per heavy atom. The van der Waals surface area contributed by atoms with Crippen molar-refractivity contribution in [2.24, 2.45) is 0 Å². The number of rotatable bonds is 6. The van der Waals surface area contributed by atoms with Crippen LogP contribution >= 0.6 is 11.6 Å². The molecule has 6 nitrogen and oxygen atoms in total. The second-order valence-corrected chi connectivity index (χ2v) is 4.15. The van der Waals surface area contributed by atoms with E-state index in [1.165, 1.54) is 7.11 Å². The van der Waals surface area contributed by atoms with Crippen LogP contribution in [0.3, 0.4) is 0 Å². The topological polar surface area (TPSA) is 87.7 Å². The zero-order chi connectivity index (χ0) is 14.3. The monoisotopic (exact) mass is 286 g/mol. The number of aliphatic carboxylic acids is 1. The van der Waals surface area contributed by atoms with Crippen LogP contribution in [0.1, 0.15) is 12.0 Å². The first-order valence-corrected chi connectivity index (χ1v) is 5.96. The minimum Gasteiger partial charge on any atom is -0.496 e. The highest BCUT2D eigenvalue weighted by Gasteiger charge is 2.06. The molecule has 1 aromatic rings. The van der Waals surface area contributed by atoms with Crippen LogP contribution in [0.4, 0.5) is 4.79 Å². The third kappa shape index (κ3) is 5.48. The van der Waals surface area contributed by atoms with Gasteiger partial charge in [0.25, 0.3) is 0 Å². The highest BCUT2D eigenvalue weighted by Crippen LogP contribution is 2.22. The van der Waals surface area contributed by atoms with Gasteiger partial charge in [0.1, 0.15) is 5.75 Å². The van der Waals surface area contributed by atoms with Gasteiger partial charge in [-0.25, -0.2) is 4.79 Å². The molecule has 1 rings (SSSR count). The number of carboxylic acid groups (broad SMARTS) is 1. The Balaban J connectivity index is 2.45. The molecule has 0 aliphatic rings. The molecule has 104 valence electrons. The van der Waals surface area contributed by atoms with E-state index in [2.05, 4.69) is 10.6 Å². The maximum absolute atomic E-state index is 11.4. The van der Waals surface area contributed by atoms with E-state index in [-0.39, 0.29) is 19.5 Å². The lowest BCUT2D eigenvalue weighted by atomic mass is 10.2. The van der Waals surface area contributed by atoms with Crippen molar-refractivity contribution in [1.82, 2.24) is 10.6 Å². The Morgan fingerprint density at radius 1 is 1.37 bits per heavy atom. The van der Waals surface area contributed by atoms with Crippen LogP contribution < -0.4 is 15.4 Å². The normalized spacial score (nSPS) is 9.79. The van der Waals surface area contributed by atoms with Crippen molar-refractivity contribution < 1.29 is 19.4 Å². The molecule has 0 fully saturated rings. The average Bonchev–Trinajstić information content (AvgIpc) is 2.36. The van der Waals surface area contributed by atoms with Gasteiger partial charge in [0, 0.05) is 23.7 Å². The number of halogens is 1. The molecule has 1 aromatic carbocycles. The number of nitrogens with one attached hydrogen (secondary N) is 2. The van der Waals surface area contributed by atoms with Crippen LogP contribution in [-0.2, 0) is 11.3 Å². The average molecular weight is 287 g/mol. The third-order valence-electron chi connectivity index (χ3n) is 2.31. The molecular formula is C12H15ClN2O4. The van der Waals surface area contributed by atoms with E-state index in [1.54, 1.807) is 18.2 Å². The van der Waals surface area contributed by atoms with Gasteiger partial charge < -0.3 is 20.5 Å². The first-order chi connectivity index (χ1) is 9.02. The van der Waals surface area contributed by atoms with Crippen LogP contribution in [0.5, 0.6) is 5.75 Å². The molecule has 0 radical (unpaired) electrons. The third-order valence-corrected chi connectivity index (χ3v) is 2.54. The Bertz CT molecular complexity index is 465. The van der Waals surface area contributed by atoms with Gasteiger partial charge >= 0.3 is 12.0 Å². The SMILES string of the molecule is COc1ccc(Cl)cc1CNC(=O)NCCC(=O)O. The minimum absolute atomic E-state index is 0.0772. The number of benzene rings is 1. The van der Waals surface area contributed by atoms with Crippen molar-refractivity contribution in [2.45, 2.75) is 13.0 Å². The Kier molecular flexibility index (Phi) is 5.95. The molecule has 2 amide bonds. The number of carbonyl (C=O) groups excluding carboxylic acids is 1. The number of carboxylic acids is 1. The molecule has 0 unspecified atom stereocenters. The van der Waals surface area contributed by atoms with E-state index < -0.39 is 12.0 Å². The van der Waals surface area contributed by atoms with Crippen molar-refractivity contribution in [2.75, 3.05) is 13.7 Å². The fourth-order valence-electron chi connectivity index (χ4n) is 1.41. The molecule has 19 heavy (non-hydrogen) atoms. The molecular weight excluding hydrogens is 272 g/mol. The van der Waals surface area contributed by atoms with Crippen molar-refractivity contribution in [3.05, 3.63) is 28.8 Å². The zero-order valence-corrected chi connectivity index (χ0v) is 11.2. The summed E-state index contributed by atoms with van der Waals surface area (Å²) in [6.45, 7) is 0.316. The predicted octanol–water partition coefficient (Wildman–Crippen LogP) is 1.62. The van der Waals surface area contributed by atoms with Gasteiger partial charge in [-0.15, -0.1) is 0 Å². The number of carbonyl (C=O) groups is 2. The van der Waals surface area contributed by atoms with Gasteiger partial charge in [0.05, 0.1) is 13.5 Å². The van der Waals surface area contributed by atoms with Gasteiger partial charge in [-0.3, -0.25) is 4.79 Å². The molecule has 7 heteroatoms. The van der Waals surface area contributed by atoms with Crippen molar-refractivity contribution in [3.63, 3.8) is 0 Å². The molecule has 0 heterocycles. The fourth-order valence-corrected chi connectivity index (χ4v) is 1.60. The molecule has 0 aliphatic heterocycles. The van der Waals surface area contributed by atoms with E-state index >= 15 is 0 Å². The highest BCUT2D eigenvalue weighted by molar-refractivity contribution is 6.30. The number of hydrogen-bond acceptors (Lipinski definition) is 3. The summed E-state index contributed by atoms with van der Waals surface area (Å²) in [6.07, 6.45) is -0.117. The summed E-state index contributed by atoms with van der Waals surface area (Å²) in [6, 6.07) is 4.65. The number of amides is 2. The summed E-state index contributed by atoms with van der Waals surface area (Å²) >= 11 is 5.86. The Labute approximate surface area is 115 Å². The predicted molar refractivity (Wildman–Crippen MR) is 70.5 cm³/mol. The lowest BCUT2D eigenvalue weighted by Crippen LogP contribution is -2.36. The number of hydrogen-bond donors (Lipinski definition) is 3. The number of methoxy groups -OCH3 is 1. The van der Waals surface area contributed by atoms with Gasteiger partial charge in [-0.05, 0) is 18.2 Å². The van der Waals surface area contributed by atoms with Gasteiger partial charge in [0.15, 0.2) is 0 Å². The zero-order valence-electron chi connectivity index (χ0n) is 10.4. The molecule has 0 atom stereocenters. The largest absolute Gasteiger partial charge is 0.496 e. The van der Waals surface area contributed by atoms with Gasteiger partial charge in [-0.2, -0.15) is 0 Å². The molecule has 0 aromatic heterocycles. The first kappa shape index (κ1) is 15.1. The summed E-state index contributed by atoms with van der Waals surface area (Å²) in [7, 11) is 1.53. The number of urea groups is 1. The minimum atomic E-state index is -0.961. The fraction of sp³-hybridized carbons (Fsp3) is 0.333. The first-order valence-electron chi connectivity index (χ1n) is 5.59. The molecule has 0 saturated heterocycles. The molecule has 0 saturated carbocycles. The van der Waals surface area contributed by atoms with Crippen LogP contribution in [0.25, 0.3) is 0 Å². The maximum Gasteiger partial charge on any atom is 0.315 e. The molecule has 0 bridgehead atoms. The van der Waals surface area contributed by atoms with E-state index in [0.29, 0.717) is 10.8 Å². The highest BCUT2D eigenvalue weighted by atomic mass is 35.5. The van der Waals surface area contributed by atoms with E-state index in [1.807, 2.05) is 0 Å². The summed E-state index contributed by atoms with van der Waals surface area (Å²) in [5.41, 5.74) is 0.739. The summed E-state index contributed by atoms with van der Waals surface area (Å²) in [5, 5.41) is 14.0. The lowest BCUT2D eigenvalue weighted by Gasteiger charge is -2.10. The Hall–Kier alpha value is -1.95. The second kappa shape index (κ2) is 7.48. The lowest BCUT2D eigenvalue weighted by molar-refractivity contribution is -0.136. The smallest absolute Gasteiger partial charge is 0.315 e. The number of ether oxygens (including phenoxy) is 1. The summed E-state index contributed by atoms with van der Waals surface area (Å²) in [4.78, 5) is 21.7. The summed E-state index contributed by atoms with van der Waals surface area (Å²) in [5.74, 6) is -0.341. The van der Waals surface area contributed by atoms with Gasteiger partial charge in [-0.1, -0.05) is 11.6 Å². The van der Waals surface area contributed by atoms with E-state index in [0.717, 1.165) is 5.56 Å². The standard InChI is InChI=1S/C12H15ClN2O4/c1-19-10-3-2-9(13)6-8(10)7-15-12(18)14-5-4-11(16)17/h2-3,6H,4-5,7H2,1H3,(H,16,17)(H2,14,15,18). The van der Waals surface area contributed by atoms with E-state index in [9.17, 15) is 9.59 Å². The Morgan fingerprint density at radius 2 is 2.11 bits per heavy atom. The van der Waals surface area contributed by atoms with Crippen LogP contribution in [0.2, 0.25) is 5.02 Å². The van der Waals surface area contributed by atoms with Crippen molar-refractivity contribution in [3.8, 4) is 5.75 Å².